The summed E-state index contributed by atoms with van der Waals surface area (Å²) in [6, 6.07) is 0.175. The van der Waals surface area contributed by atoms with E-state index >= 15 is 0 Å². The van der Waals surface area contributed by atoms with E-state index in [4.69, 9.17) is 4.74 Å². The lowest BCUT2D eigenvalue weighted by Crippen LogP contribution is -2.28. The second-order valence-electron chi connectivity index (χ2n) is 3.99. The zero-order valence-electron chi connectivity index (χ0n) is 10.3. The van der Waals surface area contributed by atoms with E-state index < -0.39 is 0 Å². The normalized spacial score (nSPS) is 13.4. The molecule has 5 heteroatoms. The summed E-state index contributed by atoms with van der Waals surface area (Å²) in [5, 5.41) is 7.63. The van der Waals surface area contributed by atoms with Crippen LogP contribution >= 0.6 is 15.9 Å². The van der Waals surface area contributed by atoms with Gasteiger partial charge in [0, 0.05) is 7.05 Å². The van der Waals surface area contributed by atoms with Gasteiger partial charge in [-0.3, -0.25) is 4.68 Å². The molecule has 0 saturated carbocycles. The van der Waals surface area contributed by atoms with E-state index in [0.717, 1.165) is 16.7 Å². The Morgan fingerprint density at radius 1 is 1.56 bits per heavy atom. The third kappa shape index (κ3) is 3.57. The highest BCUT2D eigenvalue weighted by Crippen LogP contribution is 2.23. The third-order valence-corrected chi connectivity index (χ3v) is 2.93. The largest absolute Gasteiger partial charge is 0.377 e. The molecule has 1 atom stereocenters. The first-order valence-electron chi connectivity index (χ1n) is 5.58. The molecule has 1 aromatic heterocycles. The van der Waals surface area contributed by atoms with Crippen LogP contribution in [-0.4, -0.2) is 29.0 Å². The van der Waals surface area contributed by atoms with E-state index in [9.17, 15) is 0 Å². The Bertz CT molecular complexity index is 306. The van der Waals surface area contributed by atoms with Crippen molar-refractivity contribution in [3.8, 4) is 0 Å². The molecule has 0 spiro atoms. The van der Waals surface area contributed by atoms with Gasteiger partial charge >= 0.3 is 0 Å². The minimum Gasteiger partial charge on any atom is -0.377 e. The molecule has 0 aliphatic rings. The number of halogens is 1. The Kier molecular flexibility index (Phi) is 5.44. The van der Waals surface area contributed by atoms with Gasteiger partial charge in [-0.05, 0) is 36.3 Å². The number of hydrogen-bond acceptors (Lipinski definition) is 3. The molecule has 0 aromatic carbocycles. The zero-order valence-corrected chi connectivity index (χ0v) is 11.9. The quantitative estimate of drug-likeness (QED) is 0.873. The van der Waals surface area contributed by atoms with E-state index in [2.05, 4.69) is 33.3 Å². The van der Waals surface area contributed by atoms with E-state index in [0.29, 0.717) is 6.61 Å². The molecule has 0 bridgehead atoms. The molecule has 1 N–H and O–H groups in total. The maximum absolute atomic E-state index is 5.67. The van der Waals surface area contributed by atoms with Gasteiger partial charge in [0.25, 0.3) is 0 Å². The number of nitrogens with one attached hydrogen (secondary N) is 1. The van der Waals surface area contributed by atoms with Crippen molar-refractivity contribution in [2.75, 3.05) is 13.2 Å². The summed E-state index contributed by atoms with van der Waals surface area (Å²) in [4.78, 5) is 0. The third-order valence-electron chi connectivity index (χ3n) is 2.31. The fraction of sp³-hybridized carbons (Fsp3) is 0.727. The summed E-state index contributed by atoms with van der Waals surface area (Å²) in [6.07, 6.45) is 2.06. The second kappa shape index (κ2) is 6.37. The van der Waals surface area contributed by atoms with Crippen molar-refractivity contribution in [1.82, 2.24) is 15.1 Å². The zero-order chi connectivity index (χ0) is 12.1. The van der Waals surface area contributed by atoms with Crippen LogP contribution in [0.15, 0.2) is 10.7 Å². The highest BCUT2D eigenvalue weighted by molar-refractivity contribution is 9.10. The molecule has 1 rings (SSSR count). The number of hydrogen-bond donors (Lipinski definition) is 1. The molecule has 0 amide bonds. The molecule has 92 valence electrons. The summed E-state index contributed by atoms with van der Waals surface area (Å²) in [6.45, 7) is 7.74. The Morgan fingerprint density at radius 3 is 2.69 bits per heavy atom. The average Bonchev–Trinajstić information content (AvgIpc) is 2.54. The number of aryl methyl sites for hydroxylation is 1. The molecule has 0 radical (unpaired) electrons. The summed E-state index contributed by atoms with van der Waals surface area (Å²) < 4.78 is 8.56. The standard InChI is InChI=1S/C11H20BrN3O/c1-5-13-10(7-16-8(2)3)11-9(12)6-14-15(11)4/h6,8,10,13H,5,7H2,1-4H3. The Labute approximate surface area is 105 Å². The predicted molar refractivity (Wildman–Crippen MR) is 68.4 cm³/mol. The van der Waals surface area contributed by atoms with Crippen LogP contribution in [-0.2, 0) is 11.8 Å². The van der Waals surface area contributed by atoms with E-state index in [1.54, 1.807) is 0 Å². The molecular formula is C11H20BrN3O. The van der Waals surface area contributed by atoms with Crippen LogP contribution in [0.2, 0.25) is 0 Å². The second-order valence-corrected chi connectivity index (χ2v) is 4.85. The van der Waals surface area contributed by atoms with Crippen molar-refractivity contribution in [2.45, 2.75) is 32.9 Å². The van der Waals surface area contributed by atoms with Crippen LogP contribution in [0.3, 0.4) is 0 Å². The van der Waals surface area contributed by atoms with E-state index in [1.807, 2.05) is 31.8 Å². The van der Waals surface area contributed by atoms with Crippen molar-refractivity contribution in [1.29, 1.82) is 0 Å². The lowest BCUT2D eigenvalue weighted by atomic mass is 10.2. The molecule has 1 heterocycles. The number of ether oxygens (including phenoxy) is 1. The molecule has 16 heavy (non-hydrogen) atoms. The highest BCUT2D eigenvalue weighted by Gasteiger charge is 2.18. The number of aromatic nitrogens is 2. The molecule has 0 saturated heterocycles. The number of likely N-dealkylation sites (N-methyl/N-ethyl adjacent to an activating group) is 1. The Morgan fingerprint density at radius 2 is 2.25 bits per heavy atom. The van der Waals surface area contributed by atoms with Crippen molar-refractivity contribution in [3.05, 3.63) is 16.4 Å². The van der Waals surface area contributed by atoms with Gasteiger partial charge in [-0.1, -0.05) is 6.92 Å². The predicted octanol–water partition coefficient (Wildman–Crippen LogP) is 2.26. The Balaban J connectivity index is 2.76. The van der Waals surface area contributed by atoms with Gasteiger partial charge in [-0.25, -0.2) is 0 Å². The lowest BCUT2D eigenvalue weighted by Gasteiger charge is -2.20. The molecule has 1 unspecified atom stereocenters. The monoisotopic (exact) mass is 289 g/mol. The lowest BCUT2D eigenvalue weighted by molar-refractivity contribution is 0.0597. The van der Waals surface area contributed by atoms with Crippen LogP contribution in [0.25, 0.3) is 0 Å². The van der Waals surface area contributed by atoms with Gasteiger partial charge in [-0.2, -0.15) is 5.10 Å². The van der Waals surface area contributed by atoms with Crippen molar-refractivity contribution >= 4 is 15.9 Å². The van der Waals surface area contributed by atoms with E-state index in [-0.39, 0.29) is 12.1 Å². The fourth-order valence-electron chi connectivity index (χ4n) is 1.58. The van der Waals surface area contributed by atoms with Gasteiger partial charge in [0.05, 0.1) is 35.1 Å². The number of rotatable bonds is 6. The van der Waals surface area contributed by atoms with E-state index in [1.165, 1.54) is 0 Å². The van der Waals surface area contributed by atoms with Crippen molar-refractivity contribution in [2.24, 2.45) is 7.05 Å². The fourth-order valence-corrected chi connectivity index (χ4v) is 2.21. The number of nitrogens with zero attached hydrogens (tertiary/aromatic N) is 2. The SMILES string of the molecule is CCNC(COC(C)C)c1c(Br)cnn1C. The summed E-state index contributed by atoms with van der Waals surface area (Å²) in [7, 11) is 1.94. The molecular weight excluding hydrogens is 270 g/mol. The molecule has 4 nitrogen and oxygen atoms in total. The minimum atomic E-state index is 0.175. The highest BCUT2D eigenvalue weighted by atomic mass is 79.9. The topological polar surface area (TPSA) is 39.1 Å². The minimum absolute atomic E-state index is 0.175. The van der Waals surface area contributed by atoms with Crippen molar-refractivity contribution in [3.63, 3.8) is 0 Å². The molecule has 0 fully saturated rings. The van der Waals surface area contributed by atoms with Crippen LogP contribution in [0.1, 0.15) is 32.5 Å². The van der Waals surface area contributed by atoms with Gasteiger partial charge < -0.3 is 10.1 Å². The van der Waals surface area contributed by atoms with Gasteiger partial charge in [0.15, 0.2) is 0 Å². The molecule has 1 aromatic rings. The summed E-state index contributed by atoms with van der Waals surface area (Å²) in [5.41, 5.74) is 1.13. The maximum atomic E-state index is 5.67. The molecule has 0 aliphatic heterocycles. The molecule has 0 aliphatic carbocycles. The smallest absolute Gasteiger partial charge is 0.0741 e. The van der Waals surface area contributed by atoms with Gasteiger partial charge in [-0.15, -0.1) is 0 Å². The van der Waals surface area contributed by atoms with Crippen LogP contribution in [0.5, 0.6) is 0 Å². The van der Waals surface area contributed by atoms with Crippen LogP contribution < -0.4 is 5.32 Å². The Hall–Kier alpha value is -0.390. The van der Waals surface area contributed by atoms with Gasteiger partial charge in [0.2, 0.25) is 0 Å². The summed E-state index contributed by atoms with van der Waals surface area (Å²) in [5.74, 6) is 0. The van der Waals surface area contributed by atoms with Gasteiger partial charge in [0.1, 0.15) is 0 Å². The van der Waals surface area contributed by atoms with Crippen molar-refractivity contribution < 1.29 is 4.74 Å². The average molecular weight is 290 g/mol. The first-order valence-corrected chi connectivity index (χ1v) is 6.38. The van der Waals surface area contributed by atoms with Crippen LogP contribution in [0, 0.1) is 0 Å². The summed E-state index contributed by atoms with van der Waals surface area (Å²) >= 11 is 3.52. The van der Waals surface area contributed by atoms with Crippen LogP contribution in [0.4, 0.5) is 0 Å². The first-order chi connectivity index (χ1) is 7.56. The maximum Gasteiger partial charge on any atom is 0.0741 e. The first kappa shape index (κ1) is 13.7.